The highest BCUT2D eigenvalue weighted by Crippen LogP contribution is 2.20. The molecule has 0 saturated heterocycles. The van der Waals surface area contributed by atoms with E-state index in [1.54, 1.807) is 47.5 Å². The average molecular weight is 389 g/mol. The Labute approximate surface area is 170 Å². The lowest BCUT2D eigenvalue weighted by Gasteiger charge is -2.21. The van der Waals surface area contributed by atoms with Gasteiger partial charge in [0.2, 0.25) is 0 Å². The lowest BCUT2D eigenvalue weighted by molar-refractivity contribution is 0.0600. The lowest BCUT2D eigenvalue weighted by Crippen LogP contribution is -2.31. The summed E-state index contributed by atoms with van der Waals surface area (Å²) in [5, 5.41) is 3.20. The van der Waals surface area contributed by atoms with Crippen molar-refractivity contribution in [2.45, 2.75) is 13.8 Å². The number of methoxy groups -OCH3 is 1. The molecule has 0 aliphatic rings. The summed E-state index contributed by atoms with van der Waals surface area (Å²) in [6.07, 6.45) is 1.62. The summed E-state index contributed by atoms with van der Waals surface area (Å²) >= 11 is 0. The minimum atomic E-state index is -0.379. The quantitative estimate of drug-likeness (QED) is 0.625. The van der Waals surface area contributed by atoms with Crippen molar-refractivity contribution in [3.8, 4) is 0 Å². The Balaban J connectivity index is 1.72. The molecule has 3 aromatic rings. The molecule has 1 amide bonds. The minimum Gasteiger partial charge on any atom is -0.465 e. The molecule has 0 bridgehead atoms. The highest BCUT2D eigenvalue weighted by molar-refractivity contribution is 6.04. The highest BCUT2D eigenvalue weighted by atomic mass is 16.5. The van der Waals surface area contributed by atoms with Gasteiger partial charge < -0.3 is 15.0 Å². The number of benzene rings is 2. The topological polar surface area (TPSA) is 71.5 Å². The summed E-state index contributed by atoms with van der Waals surface area (Å²) in [6.45, 7) is 4.49. The second-order valence-corrected chi connectivity index (χ2v) is 6.51. The van der Waals surface area contributed by atoms with Crippen LogP contribution in [0.5, 0.6) is 0 Å². The standard InChI is InChI=1S/C23H23N3O3/c1-4-26(20-7-5-6-16(2)14-20)22(27)21-13-12-19(15-24-21)25-18-10-8-17(9-11-18)23(28)29-3/h5-15,25H,4H2,1-3H3. The van der Waals surface area contributed by atoms with Crippen molar-refractivity contribution in [1.82, 2.24) is 4.98 Å². The third-order valence-corrected chi connectivity index (χ3v) is 4.45. The van der Waals surface area contributed by atoms with E-state index in [9.17, 15) is 9.59 Å². The Kier molecular flexibility index (Phi) is 6.24. The van der Waals surface area contributed by atoms with Crippen LogP contribution in [0.25, 0.3) is 0 Å². The van der Waals surface area contributed by atoms with E-state index in [4.69, 9.17) is 4.74 Å². The van der Waals surface area contributed by atoms with Gasteiger partial charge in [-0.05, 0) is 67.9 Å². The van der Waals surface area contributed by atoms with Gasteiger partial charge >= 0.3 is 5.97 Å². The number of carbonyl (C=O) groups excluding carboxylic acids is 2. The van der Waals surface area contributed by atoms with E-state index in [1.165, 1.54) is 7.11 Å². The summed E-state index contributed by atoms with van der Waals surface area (Å²) in [5.41, 5.74) is 4.35. The number of carbonyl (C=O) groups is 2. The fraction of sp³-hybridized carbons (Fsp3) is 0.174. The van der Waals surface area contributed by atoms with Gasteiger partial charge in [-0.15, -0.1) is 0 Å². The van der Waals surface area contributed by atoms with Crippen molar-refractivity contribution in [2.75, 3.05) is 23.9 Å². The molecule has 6 heteroatoms. The van der Waals surface area contributed by atoms with Crippen LogP contribution in [-0.2, 0) is 4.74 Å². The molecule has 0 atom stereocenters. The van der Waals surface area contributed by atoms with Gasteiger partial charge in [0, 0.05) is 17.9 Å². The van der Waals surface area contributed by atoms with Gasteiger partial charge in [0.1, 0.15) is 5.69 Å². The van der Waals surface area contributed by atoms with E-state index in [-0.39, 0.29) is 11.9 Å². The molecule has 2 aromatic carbocycles. The minimum absolute atomic E-state index is 0.146. The largest absolute Gasteiger partial charge is 0.465 e. The van der Waals surface area contributed by atoms with E-state index in [0.29, 0.717) is 17.8 Å². The third-order valence-electron chi connectivity index (χ3n) is 4.45. The van der Waals surface area contributed by atoms with Gasteiger partial charge in [0.25, 0.3) is 5.91 Å². The Morgan fingerprint density at radius 2 is 1.76 bits per heavy atom. The maximum Gasteiger partial charge on any atom is 0.337 e. The molecule has 3 rings (SSSR count). The zero-order chi connectivity index (χ0) is 20.8. The number of aryl methyl sites for hydroxylation is 1. The third kappa shape index (κ3) is 4.79. The normalized spacial score (nSPS) is 10.3. The van der Waals surface area contributed by atoms with Gasteiger partial charge in [-0.1, -0.05) is 12.1 Å². The van der Waals surface area contributed by atoms with E-state index in [2.05, 4.69) is 10.3 Å². The number of aromatic nitrogens is 1. The Hall–Kier alpha value is -3.67. The number of esters is 1. The summed E-state index contributed by atoms with van der Waals surface area (Å²) in [6, 6.07) is 18.3. The number of ether oxygens (including phenoxy) is 1. The molecule has 0 fully saturated rings. The first kappa shape index (κ1) is 20.1. The molecule has 29 heavy (non-hydrogen) atoms. The van der Waals surface area contributed by atoms with Crippen LogP contribution >= 0.6 is 0 Å². The van der Waals surface area contributed by atoms with E-state index in [1.807, 2.05) is 38.1 Å². The van der Waals surface area contributed by atoms with E-state index in [0.717, 1.165) is 22.6 Å². The predicted octanol–water partition coefficient (Wildman–Crippen LogP) is 4.59. The number of anilines is 3. The monoisotopic (exact) mass is 389 g/mol. The molecule has 0 radical (unpaired) electrons. The highest BCUT2D eigenvalue weighted by Gasteiger charge is 2.17. The van der Waals surface area contributed by atoms with Gasteiger partial charge in [-0.2, -0.15) is 0 Å². The number of pyridine rings is 1. The molecule has 1 aromatic heterocycles. The van der Waals surface area contributed by atoms with E-state index >= 15 is 0 Å². The van der Waals surface area contributed by atoms with Crippen molar-refractivity contribution in [3.05, 3.63) is 83.7 Å². The zero-order valence-corrected chi connectivity index (χ0v) is 16.7. The predicted molar refractivity (Wildman–Crippen MR) is 114 cm³/mol. The van der Waals surface area contributed by atoms with Crippen molar-refractivity contribution < 1.29 is 14.3 Å². The maximum atomic E-state index is 12.9. The molecule has 1 N–H and O–H groups in total. The Bertz CT molecular complexity index is 999. The van der Waals surface area contributed by atoms with Crippen LogP contribution < -0.4 is 10.2 Å². The van der Waals surface area contributed by atoms with Gasteiger partial charge in [-0.3, -0.25) is 4.79 Å². The van der Waals surface area contributed by atoms with Crippen LogP contribution in [0.2, 0.25) is 0 Å². The SMILES string of the molecule is CCN(C(=O)c1ccc(Nc2ccc(C(=O)OC)cc2)cn1)c1cccc(C)c1. The fourth-order valence-electron chi connectivity index (χ4n) is 2.95. The molecule has 6 nitrogen and oxygen atoms in total. The van der Waals surface area contributed by atoms with Crippen LogP contribution in [0.4, 0.5) is 17.1 Å². The van der Waals surface area contributed by atoms with E-state index < -0.39 is 0 Å². The fourth-order valence-corrected chi connectivity index (χ4v) is 2.95. The maximum absolute atomic E-state index is 12.9. The Morgan fingerprint density at radius 1 is 1.03 bits per heavy atom. The summed E-state index contributed by atoms with van der Waals surface area (Å²) in [4.78, 5) is 30.4. The second kappa shape index (κ2) is 9.01. The molecule has 0 saturated carbocycles. The zero-order valence-electron chi connectivity index (χ0n) is 16.7. The first-order valence-corrected chi connectivity index (χ1v) is 9.32. The van der Waals surface area contributed by atoms with Crippen LogP contribution in [0.3, 0.4) is 0 Å². The van der Waals surface area contributed by atoms with Gasteiger partial charge in [-0.25, -0.2) is 9.78 Å². The van der Waals surface area contributed by atoms with Crippen LogP contribution in [0, 0.1) is 6.92 Å². The number of nitrogens with zero attached hydrogens (tertiary/aromatic N) is 2. The smallest absolute Gasteiger partial charge is 0.337 e. The summed E-state index contributed by atoms with van der Waals surface area (Å²) in [7, 11) is 1.35. The average Bonchev–Trinajstić information content (AvgIpc) is 2.75. The molecular formula is C23H23N3O3. The second-order valence-electron chi connectivity index (χ2n) is 6.51. The number of rotatable bonds is 6. The number of amides is 1. The first-order valence-electron chi connectivity index (χ1n) is 9.32. The molecule has 1 heterocycles. The van der Waals surface area contributed by atoms with Crippen molar-refractivity contribution in [3.63, 3.8) is 0 Å². The number of hydrogen-bond donors (Lipinski definition) is 1. The van der Waals surface area contributed by atoms with Crippen molar-refractivity contribution in [1.29, 1.82) is 0 Å². The van der Waals surface area contributed by atoms with Crippen LogP contribution in [0.15, 0.2) is 66.9 Å². The summed E-state index contributed by atoms with van der Waals surface area (Å²) < 4.78 is 4.69. The van der Waals surface area contributed by atoms with Gasteiger partial charge in [0.05, 0.1) is 24.6 Å². The van der Waals surface area contributed by atoms with Crippen LogP contribution in [0.1, 0.15) is 33.3 Å². The van der Waals surface area contributed by atoms with Crippen molar-refractivity contribution >= 4 is 28.9 Å². The Morgan fingerprint density at radius 3 is 2.34 bits per heavy atom. The molecular weight excluding hydrogens is 366 g/mol. The molecule has 0 spiro atoms. The van der Waals surface area contributed by atoms with Gasteiger partial charge in [0.15, 0.2) is 0 Å². The first-order chi connectivity index (χ1) is 14.0. The lowest BCUT2D eigenvalue weighted by atomic mass is 10.2. The molecule has 0 aliphatic heterocycles. The molecule has 0 aliphatic carbocycles. The van der Waals surface area contributed by atoms with Crippen molar-refractivity contribution in [2.24, 2.45) is 0 Å². The molecule has 0 unspecified atom stereocenters. The summed E-state index contributed by atoms with van der Waals surface area (Å²) in [5.74, 6) is -0.526. The number of hydrogen-bond acceptors (Lipinski definition) is 5. The number of nitrogens with one attached hydrogen (secondary N) is 1. The molecule has 148 valence electrons. The van der Waals surface area contributed by atoms with Crippen LogP contribution in [-0.4, -0.2) is 30.5 Å².